The molecule has 3 nitrogen and oxygen atoms in total. The molecular formula is C16H15F2NO2. The molecule has 0 aliphatic rings. The lowest BCUT2D eigenvalue weighted by Crippen LogP contribution is -2.29. The second-order valence-electron chi connectivity index (χ2n) is 4.74. The Kier molecular flexibility index (Phi) is 4.65. The highest BCUT2D eigenvalue weighted by Gasteiger charge is 2.13. The summed E-state index contributed by atoms with van der Waals surface area (Å²) in [6.07, 6.45) is -0.955. The zero-order valence-corrected chi connectivity index (χ0v) is 11.4. The van der Waals surface area contributed by atoms with E-state index in [0.29, 0.717) is 11.1 Å². The Labute approximate surface area is 121 Å². The van der Waals surface area contributed by atoms with Crippen LogP contribution < -0.4 is 5.32 Å². The Morgan fingerprint density at radius 3 is 2.43 bits per heavy atom. The number of hydrogen-bond donors (Lipinski definition) is 2. The van der Waals surface area contributed by atoms with E-state index in [9.17, 15) is 18.7 Å². The van der Waals surface area contributed by atoms with Crippen molar-refractivity contribution in [3.8, 4) is 0 Å². The third kappa shape index (κ3) is 3.86. The van der Waals surface area contributed by atoms with Crippen LogP contribution in [0.5, 0.6) is 0 Å². The molecule has 0 radical (unpaired) electrons. The maximum atomic E-state index is 13.1. The molecule has 0 bridgehead atoms. The lowest BCUT2D eigenvalue weighted by atomic mass is 10.1. The van der Waals surface area contributed by atoms with Gasteiger partial charge in [-0.2, -0.15) is 0 Å². The molecule has 0 saturated heterocycles. The first-order valence-corrected chi connectivity index (χ1v) is 6.45. The van der Waals surface area contributed by atoms with Crippen molar-refractivity contribution in [3.05, 3.63) is 70.8 Å². The van der Waals surface area contributed by atoms with Gasteiger partial charge >= 0.3 is 0 Å². The third-order valence-corrected chi connectivity index (χ3v) is 3.15. The van der Waals surface area contributed by atoms with Gasteiger partial charge in [-0.3, -0.25) is 4.79 Å². The van der Waals surface area contributed by atoms with Crippen LogP contribution in [0.3, 0.4) is 0 Å². The molecule has 2 aromatic rings. The number of amides is 1. The first-order valence-electron chi connectivity index (χ1n) is 6.45. The number of aryl methyl sites for hydroxylation is 1. The summed E-state index contributed by atoms with van der Waals surface area (Å²) in [7, 11) is 0. The number of benzene rings is 2. The molecule has 0 spiro atoms. The van der Waals surface area contributed by atoms with Gasteiger partial charge in [0.25, 0.3) is 5.91 Å². The average molecular weight is 291 g/mol. The number of carbonyl (C=O) groups excluding carboxylic acids is 1. The van der Waals surface area contributed by atoms with Gasteiger partial charge in [0.15, 0.2) is 0 Å². The number of rotatable bonds is 4. The highest BCUT2D eigenvalue weighted by atomic mass is 19.1. The SMILES string of the molecule is Cc1ccc(F)cc1C(=O)NCC(O)c1ccc(F)cc1. The van der Waals surface area contributed by atoms with Crippen LogP contribution in [-0.2, 0) is 0 Å². The maximum absolute atomic E-state index is 13.1. The third-order valence-electron chi connectivity index (χ3n) is 3.15. The lowest BCUT2D eigenvalue weighted by Gasteiger charge is -2.13. The van der Waals surface area contributed by atoms with E-state index < -0.39 is 23.6 Å². The molecule has 1 unspecified atom stereocenters. The van der Waals surface area contributed by atoms with Gasteiger partial charge in [-0.15, -0.1) is 0 Å². The van der Waals surface area contributed by atoms with Crippen LogP contribution in [0.25, 0.3) is 0 Å². The highest BCUT2D eigenvalue weighted by Crippen LogP contribution is 2.14. The Morgan fingerprint density at radius 1 is 1.14 bits per heavy atom. The molecule has 1 atom stereocenters. The minimum absolute atomic E-state index is 0.0413. The predicted octanol–water partition coefficient (Wildman–Crippen LogP) is 2.74. The van der Waals surface area contributed by atoms with Crippen molar-refractivity contribution in [1.82, 2.24) is 5.32 Å². The van der Waals surface area contributed by atoms with Crippen LogP contribution in [0.2, 0.25) is 0 Å². The molecule has 0 aliphatic carbocycles. The normalized spacial score (nSPS) is 12.0. The van der Waals surface area contributed by atoms with Gasteiger partial charge in [0.2, 0.25) is 0 Å². The summed E-state index contributed by atoms with van der Waals surface area (Å²) in [5, 5.41) is 12.5. The predicted molar refractivity (Wildman–Crippen MR) is 74.8 cm³/mol. The summed E-state index contributed by atoms with van der Waals surface area (Å²) in [4.78, 5) is 12.0. The van der Waals surface area contributed by atoms with Crippen molar-refractivity contribution < 1.29 is 18.7 Å². The minimum Gasteiger partial charge on any atom is -0.387 e. The van der Waals surface area contributed by atoms with Crippen LogP contribution in [-0.4, -0.2) is 17.6 Å². The van der Waals surface area contributed by atoms with Crippen molar-refractivity contribution >= 4 is 5.91 Å². The topological polar surface area (TPSA) is 49.3 Å². The van der Waals surface area contributed by atoms with E-state index in [0.717, 1.165) is 6.07 Å². The van der Waals surface area contributed by atoms with Crippen LogP contribution in [0.1, 0.15) is 27.6 Å². The number of aliphatic hydroxyl groups excluding tert-OH is 1. The first-order chi connectivity index (χ1) is 9.97. The highest BCUT2D eigenvalue weighted by molar-refractivity contribution is 5.95. The number of nitrogens with one attached hydrogen (secondary N) is 1. The van der Waals surface area contributed by atoms with Gasteiger partial charge in [-0.1, -0.05) is 18.2 Å². The summed E-state index contributed by atoms with van der Waals surface area (Å²) in [5.41, 5.74) is 1.36. The van der Waals surface area contributed by atoms with Crippen LogP contribution in [0, 0.1) is 18.6 Å². The minimum atomic E-state index is -0.955. The Morgan fingerprint density at radius 2 is 1.76 bits per heavy atom. The van der Waals surface area contributed by atoms with E-state index in [1.54, 1.807) is 6.92 Å². The summed E-state index contributed by atoms with van der Waals surface area (Å²) in [6.45, 7) is 1.66. The number of aliphatic hydroxyl groups is 1. The van der Waals surface area contributed by atoms with E-state index in [-0.39, 0.29) is 12.1 Å². The molecule has 0 saturated carbocycles. The zero-order chi connectivity index (χ0) is 15.4. The van der Waals surface area contributed by atoms with Gasteiger partial charge in [0.1, 0.15) is 11.6 Å². The van der Waals surface area contributed by atoms with E-state index in [1.807, 2.05) is 0 Å². The standard InChI is InChI=1S/C16H15F2NO2/c1-10-2-5-13(18)8-14(10)16(21)19-9-15(20)11-3-6-12(17)7-4-11/h2-8,15,20H,9H2,1H3,(H,19,21). The molecular weight excluding hydrogens is 276 g/mol. The smallest absolute Gasteiger partial charge is 0.251 e. The molecule has 21 heavy (non-hydrogen) atoms. The number of halogens is 2. The Bertz CT molecular complexity index is 641. The van der Waals surface area contributed by atoms with Crippen molar-refractivity contribution in [2.75, 3.05) is 6.54 Å². The average Bonchev–Trinajstić information content (AvgIpc) is 2.47. The summed E-state index contributed by atoms with van der Waals surface area (Å²) in [5.74, 6) is -1.36. The molecule has 0 aromatic heterocycles. The fraction of sp³-hybridized carbons (Fsp3) is 0.188. The van der Waals surface area contributed by atoms with Gasteiger partial charge in [0.05, 0.1) is 6.10 Å². The second-order valence-corrected chi connectivity index (χ2v) is 4.74. The number of hydrogen-bond acceptors (Lipinski definition) is 2. The molecule has 5 heteroatoms. The molecule has 2 N–H and O–H groups in total. The molecule has 0 aliphatic heterocycles. The van der Waals surface area contributed by atoms with Crippen molar-refractivity contribution in [1.29, 1.82) is 0 Å². The first kappa shape index (κ1) is 15.1. The lowest BCUT2D eigenvalue weighted by molar-refractivity contribution is 0.0915. The van der Waals surface area contributed by atoms with Crippen LogP contribution in [0.4, 0.5) is 8.78 Å². The molecule has 110 valence electrons. The Balaban J connectivity index is 2.00. The monoisotopic (exact) mass is 291 g/mol. The summed E-state index contributed by atoms with van der Waals surface area (Å²) >= 11 is 0. The summed E-state index contributed by atoms with van der Waals surface area (Å²) < 4.78 is 25.9. The Hall–Kier alpha value is -2.27. The van der Waals surface area contributed by atoms with Crippen molar-refractivity contribution in [2.24, 2.45) is 0 Å². The van der Waals surface area contributed by atoms with E-state index in [2.05, 4.69) is 5.32 Å². The van der Waals surface area contributed by atoms with Crippen LogP contribution in [0.15, 0.2) is 42.5 Å². The van der Waals surface area contributed by atoms with E-state index >= 15 is 0 Å². The van der Waals surface area contributed by atoms with E-state index in [4.69, 9.17) is 0 Å². The van der Waals surface area contributed by atoms with Crippen molar-refractivity contribution in [2.45, 2.75) is 13.0 Å². The van der Waals surface area contributed by atoms with Gasteiger partial charge in [-0.05, 0) is 42.3 Å². The molecule has 2 aromatic carbocycles. The largest absolute Gasteiger partial charge is 0.387 e. The molecule has 1 amide bonds. The summed E-state index contributed by atoms with van der Waals surface area (Å²) in [6, 6.07) is 9.29. The molecule has 0 fully saturated rings. The second kappa shape index (κ2) is 6.45. The van der Waals surface area contributed by atoms with Gasteiger partial charge in [0, 0.05) is 12.1 Å². The molecule has 2 rings (SSSR count). The molecule has 0 heterocycles. The fourth-order valence-corrected chi connectivity index (χ4v) is 1.93. The fourth-order valence-electron chi connectivity index (χ4n) is 1.93. The van der Waals surface area contributed by atoms with Gasteiger partial charge in [-0.25, -0.2) is 8.78 Å². The number of carbonyl (C=O) groups is 1. The van der Waals surface area contributed by atoms with E-state index in [1.165, 1.54) is 36.4 Å². The van der Waals surface area contributed by atoms with Gasteiger partial charge < -0.3 is 10.4 Å². The zero-order valence-electron chi connectivity index (χ0n) is 11.4. The van der Waals surface area contributed by atoms with Crippen molar-refractivity contribution in [3.63, 3.8) is 0 Å². The quantitative estimate of drug-likeness (QED) is 0.910. The van der Waals surface area contributed by atoms with Crippen LogP contribution >= 0.6 is 0 Å². The maximum Gasteiger partial charge on any atom is 0.251 e.